The van der Waals surface area contributed by atoms with Gasteiger partial charge in [-0.05, 0) is 42.8 Å². The number of phenols is 1. The fourth-order valence-corrected chi connectivity index (χ4v) is 2.78. The number of methoxy groups -OCH3 is 1. The van der Waals surface area contributed by atoms with Crippen molar-refractivity contribution >= 4 is 11.8 Å². The van der Waals surface area contributed by atoms with Crippen LogP contribution >= 0.6 is 0 Å². The van der Waals surface area contributed by atoms with Crippen molar-refractivity contribution in [2.24, 2.45) is 0 Å². The summed E-state index contributed by atoms with van der Waals surface area (Å²) >= 11 is 0. The quantitative estimate of drug-likeness (QED) is 0.692. The maximum absolute atomic E-state index is 12.5. The zero-order valence-electron chi connectivity index (χ0n) is 11.6. The molecule has 1 aromatic carbocycles. The molecule has 1 atom stereocenters. The number of ketones is 1. The summed E-state index contributed by atoms with van der Waals surface area (Å²) in [4.78, 5) is 24.2. The van der Waals surface area contributed by atoms with Crippen LogP contribution in [0, 0.1) is 0 Å². The Kier molecular flexibility index (Phi) is 3.25. The summed E-state index contributed by atoms with van der Waals surface area (Å²) in [6.45, 7) is 0.626. The van der Waals surface area contributed by atoms with Gasteiger partial charge in [-0.3, -0.25) is 9.59 Å². The number of carbonyl (C=O) groups is 2. The van der Waals surface area contributed by atoms with E-state index in [2.05, 4.69) is 0 Å². The molecule has 0 fully saturated rings. The monoisotopic (exact) mass is 285 g/mol. The highest BCUT2D eigenvalue weighted by Gasteiger charge is 2.32. The Morgan fingerprint density at radius 2 is 1.90 bits per heavy atom. The number of carbonyl (C=O) groups excluding carboxylic acids is 2. The van der Waals surface area contributed by atoms with Gasteiger partial charge in [0.05, 0.1) is 18.7 Å². The summed E-state index contributed by atoms with van der Waals surface area (Å²) in [5.41, 5.74) is 1.89. The summed E-state index contributed by atoms with van der Waals surface area (Å²) in [6, 6.07) is 9.69. The van der Waals surface area contributed by atoms with E-state index >= 15 is 0 Å². The molecule has 0 saturated heterocycles. The molecule has 0 spiro atoms. The Hall–Kier alpha value is -2.56. The number of nitrogens with zero attached hydrogens (tertiary/aromatic N) is 1. The van der Waals surface area contributed by atoms with Gasteiger partial charge < -0.3 is 14.4 Å². The molecular formula is C16H15NO4. The van der Waals surface area contributed by atoms with E-state index in [-0.39, 0.29) is 23.4 Å². The number of fused-ring (bicyclic) bond motifs is 1. The van der Waals surface area contributed by atoms with Crippen LogP contribution in [0.25, 0.3) is 0 Å². The van der Waals surface area contributed by atoms with Crippen LogP contribution in [0.2, 0.25) is 0 Å². The second-order valence-corrected chi connectivity index (χ2v) is 5.04. The Morgan fingerprint density at radius 1 is 1.19 bits per heavy atom. The maximum Gasteiger partial charge on any atom is 0.314 e. The van der Waals surface area contributed by atoms with Gasteiger partial charge in [0.1, 0.15) is 5.75 Å². The predicted molar refractivity (Wildman–Crippen MR) is 75.3 cm³/mol. The van der Waals surface area contributed by atoms with E-state index < -0.39 is 0 Å². The van der Waals surface area contributed by atoms with Crippen molar-refractivity contribution in [2.75, 3.05) is 7.11 Å². The van der Waals surface area contributed by atoms with E-state index in [0.29, 0.717) is 24.2 Å². The number of ether oxygens (including phenoxy) is 1. The minimum Gasteiger partial charge on any atom is -0.508 e. The fraction of sp³-hybridized carbons (Fsp3) is 0.250. The first-order valence-electron chi connectivity index (χ1n) is 6.73. The second-order valence-electron chi connectivity index (χ2n) is 5.04. The van der Waals surface area contributed by atoms with Crippen LogP contribution in [-0.4, -0.2) is 28.5 Å². The van der Waals surface area contributed by atoms with Gasteiger partial charge in [-0.15, -0.1) is 0 Å². The third-order valence-electron chi connectivity index (χ3n) is 3.86. The van der Waals surface area contributed by atoms with Gasteiger partial charge in [-0.2, -0.15) is 0 Å². The minimum absolute atomic E-state index is 0.119. The van der Waals surface area contributed by atoms with Crippen molar-refractivity contribution in [1.29, 1.82) is 0 Å². The lowest BCUT2D eigenvalue weighted by atomic mass is 10.1. The minimum atomic E-state index is -0.295. The molecule has 0 bridgehead atoms. The zero-order valence-corrected chi connectivity index (χ0v) is 11.6. The summed E-state index contributed by atoms with van der Waals surface area (Å²) in [5, 5.41) is 9.28. The molecule has 1 unspecified atom stereocenters. The number of benzene rings is 1. The van der Waals surface area contributed by atoms with E-state index in [1.54, 1.807) is 18.2 Å². The lowest BCUT2D eigenvalue weighted by molar-refractivity contribution is -0.142. The van der Waals surface area contributed by atoms with E-state index in [4.69, 9.17) is 4.74 Å². The van der Waals surface area contributed by atoms with Crippen LogP contribution in [0.5, 0.6) is 5.75 Å². The summed E-state index contributed by atoms with van der Waals surface area (Å²) in [5.74, 6) is -0.559. The highest BCUT2D eigenvalue weighted by Crippen LogP contribution is 2.32. The molecule has 3 rings (SSSR count). The molecular weight excluding hydrogens is 270 g/mol. The topological polar surface area (TPSA) is 68.5 Å². The molecule has 2 aromatic rings. The fourth-order valence-electron chi connectivity index (χ4n) is 2.78. The Bertz CT molecular complexity index is 700. The summed E-state index contributed by atoms with van der Waals surface area (Å²) in [6.07, 6.45) is 0.651. The third-order valence-corrected chi connectivity index (χ3v) is 3.86. The number of esters is 1. The van der Waals surface area contributed by atoms with E-state index in [1.807, 2.05) is 10.6 Å². The summed E-state index contributed by atoms with van der Waals surface area (Å²) in [7, 11) is 1.37. The number of aromatic nitrogens is 1. The number of hydrogen-bond acceptors (Lipinski definition) is 4. The molecule has 1 aliphatic heterocycles. The molecule has 0 radical (unpaired) electrons. The predicted octanol–water partition coefficient (Wildman–Crippen LogP) is 2.08. The van der Waals surface area contributed by atoms with Crippen molar-refractivity contribution in [2.45, 2.75) is 18.9 Å². The van der Waals surface area contributed by atoms with Crippen LogP contribution in [0.3, 0.4) is 0 Å². The molecule has 0 saturated carbocycles. The van der Waals surface area contributed by atoms with Gasteiger partial charge in [-0.25, -0.2) is 0 Å². The Balaban J connectivity index is 1.93. The number of rotatable bonds is 3. The van der Waals surface area contributed by atoms with Crippen molar-refractivity contribution < 1.29 is 19.4 Å². The van der Waals surface area contributed by atoms with Gasteiger partial charge in [0.15, 0.2) is 0 Å². The summed E-state index contributed by atoms with van der Waals surface area (Å²) < 4.78 is 6.67. The van der Waals surface area contributed by atoms with Gasteiger partial charge in [0.25, 0.3) is 0 Å². The van der Waals surface area contributed by atoms with Gasteiger partial charge >= 0.3 is 5.97 Å². The smallest absolute Gasteiger partial charge is 0.314 e. The van der Waals surface area contributed by atoms with Crippen LogP contribution < -0.4 is 0 Å². The molecule has 108 valence electrons. The van der Waals surface area contributed by atoms with Crippen LogP contribution in [0.1, 0.15) is 34.1 Å². The third kappa shape index (κ3) is 2.20. The lowest BCUT2D eigenvalue weighted by Gasteiger charge is -2.06. The maximum atomic E-state index is 12.5. The average molecular weight is 285 g/mol. The molecule has 2 heterocycles. The number of aromatic hydroxyl groups is 1. The number of hydrogen-bond donors (Lipinski definition) is 1. The van der Waals surface area contributed by atoms with E-state index in [1.165, 1.54) is 19.2 Å². The van der Waals surface area contributed by atoms with E-state index in [0.717, 1.165) is 5.69 Å². The first-order chi connectivity index (χ1) is 10.1. The molecule has 0 amide bonds. The standard InChI is InChI=1S/C16H15NO4/c1-21-16(20)12-8-9-17-13(12)6-7-14(17)15(19)10-2-4-11(18)5-3-10/h2-7,12,18H,8-9H2,1H3. The van der Waals surface area contributed by atoms with Gasteiger partial charge in [-0.1, -0.05) is 0 Å². The second kappa shape index (κ2) is 5.09. The van der Waals surface area contributed by atoms with Gasteiger partial charge in [0.2, 0.25) is 5.78 Å². The van der Waals surface area contributed by atoms with Crippen molar-refractivity contribution in [3.8, 4) is 5.75 Å². The molecule has 0 aliphatic carbocycles. The van der Waals surface area contributed by atoms with Crippen molar-refractivity contribution in [3.05, 3.63) is 53.3 Å². The molecule has 1 N–H and O–H groups in total. The number of phenolic OH excluding ortho intramolecular Hbond substituents is 1. The SMILES string of the molecule is COC(=O)C1CCn2c(C(=O)c3ccc(O)cc3)ccc21. The Labute approximate surface area is 121 Å². The van der Waals surface area contributed by atoms with Crippen LogP contribution in [0.4, 0.5) is 0 Å². The highest BCUT2D eigenvalue weighted by molar-refractivity contribution is 6.08. The molecule has 21 heavy (non-hydrogen) atoms. The van der Waals surface area contributed by atoms with Crippen LogP contribution in [-0.2, 0) is 16.1 Å². The van der Waals surface area contributed by atoms with Crippen molar-refractivity contribution in [3.63, 3.8) is 0 Å². The molecule has 5 heteroatoms. The van der Waals surface area contributed by atoms with Gasteiger partial charge in [0, 0.05) is 17.8 Å². The van der Waals surface area contributed by atoms with Crippen molar-refractivity contribution in [1.82, 2.24) is 4.57 Å². The average Bonchev–Trinajstić information content (AvgIpc) is 3.08. The zero-order chi connectivity index (χ0) is 15.0. The molecule has 1 aromatic heterocycles. The highest BCUT2D eigenvalue weighted by atomic mass is 16.5. The molecule has 5 nitrogen and oxygen atoms in total. The Morgan fingerprint density at radius 3 is 2.57 bits per heavy atom. The molecule has 1 aliphatic rings. The first-order valence-corrected chi connectivity index (χ1v) is 6.73. The van der Waals surface area contributed by atoms with E-state index in [9.17, 15) is 14.7 Å². The van der Waals surface area contributed by atoms with Crippen LogP contribution in [0.15, 0.2) is 36.4 Å². The lowest BCUT2D eigenvalue weighted by Crippen LogP contribution is -2.11. The normalized spacial score (nSPS) is 16.5. The largest absolute Gasteiger partial charge is 0.508 e. The first kappa shape index (κ1) is 13.4.